The van der Waals surface area contributed by atoms with Gasteiger partial charge in [-0.2, -0.15) is 0 Å². The van der Waals surface area contributed by atoms with Gasteiger partial charge in [-0.15, -0.1) is 0 Å². The highest BCUT2D eigenvalue weighted by atomic mass is 32.1. The summed E-state index contributed by atoms with van der Waals surface area (Å²) < 4.78 is 54.2. The average molecular weight is 509 g/mol. The number of anilines is 2. The fraction of sp³-hybridized carbons (Fsp3) is 0.417. The number of rotatable bonds is 8. The molecule has 1 fully saturated rings. The summed E-state index contributed by atoms with van der Waals surface area (Å²) in [6, 6.07) is 11.7. The SMILES string of the molecule is CN(CC(F)F)c1ccc(C(=O)[N+](=S)C2CCC(Nc3cccc4nc(C(F)F)cn34)CC2)cc1. The van der Waals surface area contributed by atoms with Gasteiger partial charge in [0.25, 0.3) is 25.3 Å². The highest BCUT2D eigenvalue weighted by molar-refractivity contribution is 7.44. The van der Waals surface area contributed by atoms with Gasteiger partial charge >= 0.3 is 5.91 Å². The Bertz CT molecular complexity index is 1190. The van der Waals surface area contributed by atoms with Gasteiger partial charge < -0.3 is 10.2 Å². The number of pyridine rings is 1. The van der Waals surface area contributed by atoms with Gasteiger partial charge in [-0.1, -0.05) is 10.0 Å². The van der Waals surface area contributed by atoms with Crippen LogP contribution in [0.15, 0.2) is 48.7 Å². The Labute approximate surface area is 205 Å². The van der Waals surface area contributed by atoms with Crippen molar-refractivity contribution in [2.75, 3.05) is 23.8 Å². The number of fused-ring (bicyclic) bond motifs is 1. The van der Waals surface area contributed by atoms with Crippen molar-refractivity contribution in [2.24, 2.45) is 0 Å². The third-order valence-corrected chi connectivity index (χ3v) is 6.75. The molecule has 1 N–H and O–H groups in total. The van der Waals surface area contributed by atoms with Crippen LogP contribution in [0.25, 0.3) is 5.65 Å². The van der Waals surface area contributed by atoms with Crippen molar-refractivity contribution in [3.63, 3.8) is 0 Å². The minimum Gasteiger partial charge on any atom is -0.369 e. The zero-order valence-corrected chi connectivity index (χ0v) is 19.9. The van der Waals surface area contributed by atoms with Gasteiger partial charge in [0.2, 0.25) is 0 Å². The zero-order chi connectivity index (χ0) is 25.1. The van der Waals surface area contributed by atoms with Crippen molar-refractivity contribution in [3.05, 3.63) is 59.9 Å². The summed E-state index contributed by atoms with van der Waals surface area (Å²) in [5.74, 6) is 0.399. The number of amides is 1. The van der Waals surface area contributed by atoms with Crippen molar-refractivity contribution in [2.45, 2.75) is 50.6 Å². The molecule has 1 saturated carbocycles. The number of benzene rings is 1. The second-order valence-electron chi connectivity index (χ2n) is 8.70. The van der Waals surface area contributed by atoms with Crippen LogP contribution in [0.4, 0.5) is 29.1 Å². The van der Waals surface area contributed by atoms with Crippen LogP contribution in [0, 0.1) is 0 Å². The predicted octanol–water partition coefficient (Wildman–Crippen LogP) is 5.28. The van der Waals surface area contributed by atoms with Crippen LogP contribution < -0.4 is 10.2 Å². The quantitative estimate of drug-likeness (QED) is 0.332. The molecule has 1 amide bonds. The molecule has 11 heteroatoms. The largest absolute Gasteiger partial charge is 0.433 e. The highest BCUT2D eigenvalue weighted by Crippen LogP contribution is 2.27. The molecule has 0 bridgehead atoms. The number of carbonyl (C=O) groups excluding carboxylic acids is 1. The molecular weight excluding hydrogens is 482 g/mol. The third-order valence-electron chi connectivity index (χ3n) is 6.28. The normalized spacial score (nSPS) is 18.3. The topological polar surface area (TPSA) is 52.7 Å². The van der Waals surface area contributed by atoms with Gasteiger partial charge in [-0.3, -0.25) is 4.40 Å². The molecule has 0 aliphatic heterocycles. The van der Waals surface area contributed by atoms with E-state index in [0.717, 1.165) is 12.8 Å². The first-order valence-electron chi connectivity index (χ1n) is 11.4. The standard InChI is InChI=1S/C24H26F4N5OS/c1-31(14-20(25)26)17-9-5-15(6-10-17)24(34)33(35)18-11-7-16(8-12-18)29-21-3-2-4-22-30-19(23(27)28)13-32(21)22/h2-6,9-10,13,16,18,20,23,29H,7-8,11-12,14H2,1H3/q+1. The van der Waals surface area contributed by atoms with Gasteiger partial charge in [0.1, 0.15) is 17.2 Å². The Morgan fingerprint density at radius 1 is 1.14 bits per heavy atom. The van der Waals surface area contributed by atoms with Crippen molar-refractivity contribution >= 4 is 35.5 Å². The van der Waals surface area contributed by atoms with Gasteiger partial charge in [0.15, 0.2) is 6.04 Å². The third kappa shape index (κ3) is 5.77. The number of aromatic nitrogens is 2. The first-order chi connectivity index (χ1) is 16.7. The molecule has 1 aliphatic carbocycles. The molecule has 0 saturated heterocycles. The van der Waals surface area contributed by atoms with Crippen molar-refractivity contribution in [3.8, 4) is 0 Å². The lowest BCUT2D eigenvalue weighted by Gasteiger charge is -2.26. The van der Waals surface area contributed by atoms with Gasteiger partial charge in [0, 0.05) is 37.8 Å². The summed E-state index contributed by atoms with van der Waals surface area (Å²) in [4.78, 5) is 18.3. The maximum absolute atomic E-state index is 13.0. The zero-order valence-electron chi connectivity index (χ0n) is 19.1. The Morgan fingerprint density at radius 3 is 2.46 bits per heavy atom. The molecule has 1 aliphatic rings. The molecule has 3 aromatic rings. The fourth-order valence-corrected chi connectivity index (χ4v) is 4.70. The molecule has 1 aromatic carbocycles. The van der Waals surface area contributed by atoms with E-state index < -0.39 is 12.9 Å². The molecular formula is C24H26F4N5OS+. The van der Waals surface area contributed by atoms with E-state index in [1.54, 1.807) is 47.8 Å². The fourth-order valence-electron chi connectivity index (χ4n) is 4.38. The summed E-state index contributed by atoms with van der Waals surface area (Å²) in [5.41, 5.74) is 1.19. The Kier molecular flexibility index (Phi) is 7.63. The van der Waals surface area contributed by atoms with Crippen LogP contribution in [0.1, 0.15) is 48.2 Å². The molecule has 4 rings (SSSR count). The van der Waals surface area contributed by atoms with E-state index in [4.69, 9.17) is 12.4 Å². The Morgan fingerprint density at radius 2 is 1.83 bits per heavy atom. The van der Waals surface area contributed by atoms with Gasteiger partial charge in [-0.25, -0.2) is 27.3 Å². The molecule has 2 aromatic heterocycles. The summed E-state index contributed by atoms with van der Waals surface area (Å²) in [6.45, 7) is -0.388. The number of imidazole rings is 1. The number of nitrogens with one attached hydrogen (secondary N) is 1. The van der Waals surface area contributed by atoms with Crippen LogP contribution >= 0.6 is 0 Å². The maximum atomic E-state index is 13.0. The summed E-state index contributed by atoms with van der Waals surface area (Å²) in [5, 5.41) is 3.41. The van der Waals surface area contributed by atoms with E-state index in [1.165, 1.54) is 15.0 Å². The minimum absolute atomic E-state index is 0.105. The number of hydrogen-bond acceptors (Lipinski definition) is 5. The van der Waals surface area contributed by atoms with E-state index in [2.05, 4.69) is 10.3 Å². The van der Waals surface area contributed by atoms with Crippen LogP contribution in [-0.2, 0) is 12.4 Å². The second-order valence-corrected chi connectivity index (χ2v) is 9.10. The second kappa shape index (κ2) is 10.7. The van der Waals surface area contributed by atoms with E-state index >= 15 is 0 Å². The number of nitrogens with zero attached hydrogens (tertiary/aromatic N) is 4. The van der Waals surface area contributed by atoms with Crippen LogP contribution in [0.3, 0.4) is 0 Å². The van der Waals surface area contributed by atoms with Crippen LogP contribution in [-0.4, -0.2) is 51.3 Å². The Balaban J connectivity index is 1.34. The maximum Gasteiger partial charge on any atom is 0.433 e. The molecule has 0 radical (unpaired) electrons. The van der Waals surface area contributed by atoms with Gasteiger partial charge in [-0.05, 0) is 49.2 Å². The number of carbonyl (C=O) groups is 1. The molecule has 186 valence electrons. The molecule has 2 heterocycles. The van der Waals surface area contributed by atoms with E-state index in [-0.39, 0.29) is 30.2 Å². The molecule has 0 spiro atoms. The van der Waals surface area contributed by atoms with Crippen LogP contribution in [0.2, 0.25) is 0 Å². The minimum atomic E-state index is -2.64. The van der Waals surface area contributed by atoms with E-state index in [1.807, 2.05) is 6.07 Å². The molecule has 35 heavy (non-hydrogen) atoms. The van der Waals surface area contributed by atoms with E-state index in [0.29, 0.717) is 35.6 Å². The van der Waals surface area contributed by atoms with Crippen molar-refractivity contribution in [1.29, 1.82) is 0 Å². The first kappa shape index (κ1) is 25.0. The number of hydrogen-bond donors (Lipinski definition) is 1. The smallest absolute Gasteiger partial charge is 0.369 e. The molecule has 0 unspecified atom stereocenters. The van der Waals surface area contributed by atoms with Gasteiger partial charge in [0.05, 0.1) is 12.1 Å². The van der Waals surface area contributed by atoms with Crippen molar-refractivity contribution < 1.29 is 26.3 Å². The lowest BCUT2D eigenvalue weighted by atomic mass is 9.91. The van der Waals surface area contributed by atoms with E-state index in [9.17, 15) is 22.4 Å². The Hall–Kier alpha value is -3.08. The summed E-state index contributed by atoms with van der Waals surface area (Å²) >= 11 is 5.43. The molecule has 0 atom stereocenters. The molecule has 6 nitrogen and oxygen atoms in total. The lowest BCUT2D eigenvalue weighted by molar-refractivity contribution is -0.448. The van der Waals surface area contributed by atoms with Crippen molar-refractivity contribution in [1.82, 2.24) is 9.38 Å². The van der Waals surface area contributed by atoms with Crippen LogP contribution in [0.5, 0.6) is 0 Å². The highest BCUT2D eigenvalue weighted by Gasteiger charge is 2.34. The number of alkyl halides is 4. The lowest BCUT2D eigenvalue weighted by Crippen LogP contribution is -2.37. The average Bonchev–Trinajstić information content (AvgIpc) is 3.29. The predicted molar refractivity (Wildman–Crippen MR) is 127 cm³/mol. The summed E-state index contributed by atoms with van der Waals surface area (Å²) in [6.07, 6.45) is -0.826. The number of halogens is 4. The monoisotopic (exact) mass is 508 g/mol. The first-order valence-corrected chi connectivity index (χ1v) is 11.7. The summed E-state index contributed by atoms with van der Waals surface area (Å²) in [7, 11) is 1.57.